The fraction of sp³-hybridized carbons (Fsp3) is 0.278. The van der Waals surface area contributed by atoms with Crippen molar-refractivity contribution in [1.82, 2.24) is 4.90 Å². The molecule has 0 bridgehead atoms. The molecule has 0 heterocycles. The predicted molar refractivity (Wildman–Crippen MR) is 98.5 cm³/mol. The third-order valence-electron chi connectivity index (χ3n) is 3.62. The Morgan fingerprint density at radius 3 is 2.43 bits per heavy atom. The molecule has 0 saturated heterocycles. The first-order chi connectivity index (χ1) is 10.6. The highest BCUT2D eigenvalue weighted by Crippen LogP contribution is 2.18. The second-order valence-corrected chi connectivity index (χ2v) is 5.69. The number of nitrogens with zero attached hydrogens (tertiary/aromatic N) is 1. The van der Waals surface area contributed by atoms with Crippen LogP contribution in [0.5, 0.6) is 0 Å². The molecule has 3 nitrogen and oxygen atoms in total. The van der Waals surface area contributed by atoms with Crippen LogP contribution in [-0.4, -0.2) is 30.4 Å². The van der Waals surface area contributed by atoms with Crippen molar-refractivity contribution in [3.63, 3.8) is 0 Å². The number of halogens is 2. The largest absolute Gasteiger partial charge is 0.337 e. The highest BCUT2D eigenvalue weighted by atomic mass is 35.5. The molecule has 0 spiro atoms. The number of amides is 1. The van der Waals surface area contributed by atoms with Crippen LogP contribution in [0.2, 0.25) is 5.02 Å². The van der Waals surface area contributed by atoms with Gasteiger partial charge in [0, 0.05) is 30.2 Å². The van der Waals surface area contributed by atoms with Crippen molar-refractivity contribution in [3.05, 3.63) is 70.2 Å². The van der Waals surface area contributed by atoms with Gasteiger partial charge in [-0.15, -0.1) is 12.4 Å². The third-order valence-corrected chi connectivity index (χ3v) is 4.03. The maximum atomic E-state index is 12.6. The van der Waals surface area contributed by atoms with Gasteiger partial charge in [-0.1, -0.05) is 48.0 Å². The van der Waals surface area contributed by atoms with Crippen LogP contribution in [0, 0.1) is 6.92 Å². The second kappa shape index (κ2) is 9.56. The predicted octanol–water partition coefficient (Wildman–Crippen LogP) is 3.71. The summed E-state index contributed by atoms with van der Waals surface area (Å²) >= 11 is 6.12. The van der Waals surface area contributed by atoms with E-state index in [0.29, 0.717) is 30.2 Å². The summed E-state index contributed by atoms with van der Waals surface area (Å²) in [5.74, 6) is -0.0247. The maximum Gasteiger partial charge on any atom is 0.253 e. The van der Waals surface area contributed by atoms with E-state index >= 15 is 0 Å². The van der Waals surface area contributed by atoms with Crippen molar-refractivity contribution >= 4 is 29.9 Å². The molecule has 0 atom stereocenters. The summed E-state index contributed by atoms with van der Waals surface area (Å²) in [6.07, 6.45) is 0.812. The van der Waals surface area contributed by atoms with E-state index < -0.39 is 0 Å². The number of hydrogen-bond acceptors (Lipinski definition) is 2. The topological polar surface area (TPSA) is 46.3 Å². The third kappa shape index (κ3) is 5.54. The molecule has 124 valence electrons. The summed E-state index contributed by atoms with van der Waals surface area (Å²) in [6.45, 7) is 3.55. The van der Waals surface area contributed by atoms with Crippen LogP contribution >= 0.6 is 24.0 Å². The van der Waals surface area contributed by atoms with Crippen LogP contribution in [0.1, 0.15) is 21.5 Å². The molecule has 5 heteroatoms. The molecule has 2 N–H and O–H groups in total. The minimum Gasteiger partial charge on any atom is -0.337 e. The average molecular weight is 353 g/mol. The first-order valence-electron chi connectivity index (χ1n) is 7.41. The maximum absolute atomic E-state index is 12.6. The molecule has 1 amide bonds. The summed E-state index contributed by atoms with van der Waals surface area (Å²) in [7, 11) is 0. The zero-order valence-corrected chi connectivity index (χ0v) is 14.7. The molecule has 0 unspecified atom stereocenters. The summed E-state index contributed by atoms with van der Waals surface area (Å²) in [5.41, 5.74) is 8.43. The van der Waals surface area contributed by atoms with Crippen molar-refractivity contribution in [3.8, 4) is 0 Å². The number of rotatable bonds is 6. The molecule has 2 rings (SSSR count). The van der Waals surface area contributed by atoms with E-state index in [4.69, 9.17) is 17.3 Å². The van der Waals surface area contributed by atoms with Gasteiger partial charge in [-0.25, -0.2) is 0 Å². The second-order valence-electron chi connectivity index (χ2n) is 5.28. The molecular weight excluding hydrogens is 331 g/mol. The Kier molecular flexibility index (Phi) is 8.10. The summed E-state index contributed by atoms with van der Waals surface area (Å²) in [6, 6.07) is 15.5. The quantitative estimate of drug-likeness (QED) is 0.861. The highest BCUT2D eigenvalue weighted by molar-refractivity contribution is 6.31. The molecule has 2 aromatic rings. The fourth-order valence-electron chi connectivity index (χ4n) is 2.29. The molecular formula is C18H22Cl2N2O. The zero-order chi connectivity index (χ0) is 15.9. The number of hydrogen-bond donors (Lipinski definition) is 1. The van der Waals surface area contributed by atoms with E-state index in [1.54, 1.807) is 11.0 Å². The lowest BCUT2D eigenvalue weighted by Crippen LogP contribution is -2.37. The van der Waals surface area contributed by atoms with Gasteiger partial charge in [0.25, 0.3) is 5.91 Å². The van der Waals surface area contributed by atoms with Gasteiger partial charge in [0.15, 0.2) is 0 Å². The number of aryl methyl sites for hydroxylation is 1. The first-order valence-corrected chi connectivity index (χ1v) is 7.79. The van der Waals surface area contributed by atoms with Gasteiger partial charge in [0.05, 0.1) is 0 Å². The van der Waals surface area contributed by atoms with Crippen LogP contribution in [0.3, 0.4) is 0 Å². The fourth-order valence-corrected chi connectivity index (χ4v) is 2.47. The minimum atomic E-state index is -0.0247. The van der Waals surface area contributed by atoms with Crippen LogP contribution < -0.4 is 5.73 Å². The highest BCUT2D eigenvalue weighted by Gasteiger charge is 2.15. The lowest BCUT2D eigenvalue weighted by atomic mass is 10.1. The Balaban J connectivity index is 0.00000264. The van der Waals surface area contributed by atoms with Crippen LogP contribution in [0.15, 0.2) is 48.5 Å². The Hall–Kier alpha value is -1.55. The van der Waals surface area contributed by atoms with Gasteiger partial charge in [0.1, 0.15) is 0 Å². The first kappa shape index (κ1) is 19.5. The van der Waals surface area contributed by atoms with Gasteiger partial charge in [-0.3, -0.25) is 4.79 Å². The van der Waals surface area contributed by atoms with E-state index in [0.717, 1.165) is 12.0 Å². The summed E-state index contributed by atoms with van der Waals surface area (Å²) in [4.78, 5) is 14.4. The number of nitrogens with two attached hydrogens (primary N) is 1. The van der Waals surface area contributed by atoms with Crippen LogP contribution in [0.25, 0.3) is 0 Å². The van der Waals surface area contributed by atoms with Gasteiger partial charge in [-0.05, 0) is 36.6 Å². The van der Waals surface area contributed by atoms with E-state index in [1.807, 2.05) is 37.3 Å². The smallest absolute Gasteiger partial charge is 0.253 e. The van der Waals surface area contributed by atoms with Crippen molar-refractivity contribution in [2.24, 2.45) is 5.73 Å². The van der Waals surface area contributed by atoms with Crippen molar-refractivity contribution in [2.75, 3.05) is 19.6 Å². The number of carbonyl (C=O) groups is 1. The molecule has 0 saturated carbocycles. The van der Waals surface area contributed by atoms with Gasteiger partial charge >= 0.3 is 0 Å². The average Bonchev–Trinajstić information content (AvgIpc) is 2.54. The Bertz CT molecular complexity index is 632. The lowest BCUT2D eigenvalue weighted by molar-refractivity contribution is 0.0762. The number of carbonyl (C=O) groups excluding carboxylic acids is 1. The Labute approximate surface area is 148 Å². The molecule has 0 fully saturated rings. The lowest BCUT2D eigenvalue weighted by Gasteiger charge is -2.22. The van der Waals surface area contributed by atoms with E-state index in [1.165, 1.54) is 5.56 Å². The summed E-state index contributed by atoms with van der Waals surface area (Å²) < 4.78 is 0. The number of benzene rings is 2. The van der Waals surface area contributed by atoms with E-state index in [9.17, 15) is 4.79 Å². The minimum absolute atomic E-state index is 0. The normalized spacial score (nSPS) is 10.0. The van der Waals surface area contributed by atoms with Gasteiger partial charge in [-0.2, -0.15) is 0 Å². The van der Waals surface area contributed by atoms with Gasteiger partial charge < -0.3 is 10.6 Å². The SMILES string of the molecule is Cc1ccc(C(=O)N(CCN)CCc2ccccc2)cc1Cl.Cl. The van der Waals surface area contributed by atoms with E-state index in [-0.39, 0.29) is 18.3 Å². The van der Waals surface area contributed by atoms with Crippen LogP contribution in [-0.2, 0) is 6.42 Å². The summed E-state index contributed by atoms with van der Waals surface area (Å²) in [5, 5.41) is 0.613. The zero-order valence-electron chi connectivity index (χ0n) is 13.2. The molecule has 0 aromatic heterocycles. The van der Waals surface area contributed by atoms with E-state index in [2.05, 4.69) is 12.1 Å². The van der Waals surface area contributed by atoms with Crippen molar-refractivity contribution in [2.45, 2.75) is 13.3 Å². The van der Waals surface area contributed by atoms with Crippen molar-refractivity contribution < 1.29 is 4.79 Å². The molecule has 0 radical (unpaired) electrons. The Morgan fingerprint density at radius 2 is 1.83 bits per heavy atom. The molecule has 0 aliphatic rings. The monoisotopic (exact) mass is 352 g/mol. The van der Waals surface area contributed by atoms with Crippen LogP contribution in [0.4, 0.5) is 0 Å². The molecule has 0 aliphatic carbocycles. The van der Waals surface area contributed by atoms with Crippen molar-refractivity contribution in [1.29, 1.82) is 0 Å². The van der Waals surface area contributed by atoms with Gasteiger partial charge in [0.2, 0.25) is 0 Å². The standard InChI is InChI=1S/C18H21ClN2O.ClH/c1-14-7-8-16(13-17(14)19)18(22)21(12-10-20)11-9-15-5-3-2-4-6-15;/h2-8,13H,9-12,20H2,1H3;1H. The molecule has 23 heavy (non-hydrogen) atoms. The molecule has 0 aliphatic heterocycles. The Morgan fingerprint density at radius 1 is 1.13 bits per heavy atom. The molecule has 2 aromatic carbocycles.